The smallest absolute Gasteiger partial charge is 0.344 e. The first-order valence-electron chi connectivity index (χ1n) is 8.09. The molecule has 128 valence electrons. The maximum Gasteiger partial charge on any atom is 0.344 e. The number of hydrogen-bond acceptors (Lipinski definition) is 5. The summed E-state index contributed by atoms with van der Waals surface area (Å²) in [6, 6.07) is 13.9. The van der Waals surface area contributed by atoms with Crippen molar-refractivity contribution in [1.82, 2.24) is 0 Å². The van der Waals surface area contributed by atoms with E-state index in [0.29, 0.717) is 35.3 Å². The number of phenolic OH excluding ortho intramolecular Hbond substituents is 1. The normalized spacial score (nSPS) is 10.8. The third-order valence-corrected chi connectivity index (χ3v) is 3.94. The number of aryl methyl sites for hydroxylation is 1. The Morgan fingerprint density at radius 1 is 1.16 bits per heavy atom. The molecule has 0 saturated heterocycles. The van der Waals surface area contributed by atoms with E-state index in [1.807, 2.05) is 12.1 Å². The van der Waals surface area contributed by atoms with E-state index in [1.54, 1.807) is 37.3 Å². The van der Waals surface area contributed by atoms with Crippen LogP contribution in [0.1, 0.15) is 18.9 Å². The summed E-state index contributed by atoms with van der Waals surface area (Å²) < 4.78 is 10.3. The lowest BCUT2D eigenvalue weighted by Gasteiger charge is -2.08. The number of phenols is 1. The molecule has 3 aromatic rings. The second-order valence-corrected chi connectivity index (χ2v) is 5.63. The summed E-state index contributed by atoms with van der Waals surface area (Å²) >= 11 is 0. The van der Waals surface area contributed by atoms with Gasteiger partial charge in [0.1, 0.15) is 11.5 Å². The Kier molecular flexibility index (Phi) is 4.84. The van der Waals surface area contributed by atoms with Gasteiger partial charge in [0.2, 0.25) is 0 Å². The number of carbonyl (C=O) groups excluding carboxylic acids is 1. The fourth-order valence-electron chi connectivity index (χ4n) is 2.69. The predicted molar refractivity (Wildman–Crippen MR) is 94.5 cm³/mol. The average molecular weight is 338 g/mol. The lowest BCUT2D eigenvalue weighted by molar-refractivity contribution is -0.143. The highest BCUT2D eigenvalue weighted by Gasteiger charge is 2.11. The van der Waals surface area contributed by atoms with Gasteiger partial charge in [0.15, 0.2) is 0 Å². The van der Waals surface area contributed by atoms with E-state index in [9.17, 15) is 14.7 Å². The van der Waals surface area contributed by atoms with Crippen LogP contribution in [-0.2, 0) is 16.0 Å². The average Bonchev–Trinajstić information content (AvgIpc) is 2.61. The molecule has 1 aromatic heterocycles. The highest BCUT2D eigenvalue weighted by Crippen LogP contribution is 2.28. The number of carbonyl (C=O) groups is 1. The molecule has 0 spiro atoms. The third-order valence-electron chi connectivity index (χ3n) is 3.94. The van der Waals surface area contributed by atoms with Crippen molar-refractivity contribution in [2.75, 3.05) is 6.61 Å². The molecular weight excluding hydrogens is 320 g/mol. The van der Waals surface area contributed by atoms with Gasteiger partial charge < -0.3 is 14.3 Å². The molecular formula is C20H18O5. The number of esters is 1. The van der Waals surface area contributed by atoms with Crippen LogP contribution in [0.15, 0.2) is 57.7 Å². The molecule has 0 unspecified atom stereocenters. The molecule has 0 fully saturated rings. The Labute approximate surface area is 144 Å². The first kappa shape index (κ1) is 16.8. The molecule has 1 N–H and O–H groups in total. The van der Waals surface area contributed by atoms with Gasteiger partial charge in [-0.3, -0.25) is 4.79 Å². The number of benzene rings is 2. The highest BCUT2D eigenvalue weighted by molar-refractivity contribution is 5.84. The van der Waals surface area contributed by atoms with Crippen LogP contribution in [0, 0.1) is 0 Å². The fourth-order valence-corrected chi connectivity index (χ4v) is 2.69. The van der Waals surface area contributed by atoms with E-state index in [0.717, 1.165) is 5.39 Å². The van der Waals surface area contributed by atoms with Gasteiger partial charge >= 0.3 is 11.6 Å². The van der Waals surface area contributed by atoms with E-state index in [1.165, 1.54) is 6.07 Å². The van der Waals surface area contributed by atoms with E-state index in [4.69, 9.17) is 9.15 Å². The van der Waals surface area contributed by atoms with Crippen molar-refractivity contribution in [3.05, 3.63) is 64.5 Å². The zero-order chi connectivity index (χ0) is 17.8. The van der Waals surface area contributed by atoms with Gasteiger partial charge in [-0.2, -0.15) is 0 Å². The Hall–Kier alpha value is -3.08. The summed E-state index contributed by atoms with van der Waals surface area (Å²) in [5, 5.41) is 11.3. The van der Waals surface area contributed by atoms with Crippen molar-refractivity contribution in [2.45, 2.75) is 19.8 Å². The van der Waals surface area contributed by atoms with Crippen LogP contribution >= 0.6 is 0 Å². The molecule has 2 aromatic carbocycles. The molecule has 3 rings (SSSR count). The molecule has 1 heterocycles. The van der Waals surface area contributed by atoms with E-state index in [2.05, 4.69) is 0 Å². The van der Waals surface area contributed by atoms with Crippen LogP contribution in [0.2, 0.25) is 0 Å². The molecule has 0 atom stereocenters. The maximum absolute atomic E-state index is 12.1. The summed E-state index contributed by atoms with van der Waals surface area (Å²) in [5.74, 6) is 0.196. The largest absolute Gasteiger partial charge is 0.508 e. The summed E-state index contributed by atoms with van der Waals surface area (Å²) in [6.07, 6.45) is 0.517. The quantitative estimate of drug-likeness (QED) is 0.718. The molecule has 0 aliphatic heterocycles. The van der Waals surface area contributed by atoms with E-state index >= 15 is 0 Å². The minimum atomic E-state index is -0.408. The summed E-state index contributed by atoms with van der Waals surface area (Å²) in [4.78, 5) is 23.6. The van der Waals surface area contributed by atoms with Gasteiger partial charge in [0, 0.05) is 12.0 Å². The number of aromatic hydroxyl groups is 1. The third kappa shape index (κ3) is 3.71. The molecule has 0 amide bonds. The van der Waals surface area contributed by atoms with Gasteiger partial charge in [0.05, 0.1) is 12.0 Å². The molecule has 5 heteroatoms. The van der Waals surface area contributed by atoms with E-state index in [-0.39, 0.29) is 18.1 Å². The van der Waals surface area contributed by atoms with Gasteiger partial charge in [-0.05, 0) is 54.6 Å². The molecule has 0 saturated carbocycles. The molecule has 0 aliphatic carbocycles. The number of hydrogen-bond donors (Lipinski definition) is 1. The molecule has 5 nitrogen and oxygen atoms in total. The first-order valence-corrected chi connectivity index (χ1v) is 8.09. The van der Waals surface area contributed by atoms with Crippen LogP contribution in [0.4, 0.5) is 0 Å². The van der Waals surface area contributed by atoms with Crippen LogP contribution < -0.4 is 5.63 Å². The monoisotopic (exact) mass is 338 g/mol. The standard InChI is InChI=1S/C20H18O5/c1-2-24-19(22)10-8-14-11-15(7-9-17(14)21)18-12-13-5-3-4-6-16(13)20(23)25-18/h3-7,9,11-12,21H,2,8,10H2,1H3. The van der Waals surface area contributed by atoms with Crippen molar-refractivity contribution in [3.8, 4) is 17.1 Å². The van der Waals surface area contributed by atoms with Crippen LogP contribution in [-0.4, -0.2) is 17.7 Å². The minimum Gasteiger partial charge on any atom is -0.508 e. The number of fused-ring (bicyclic) bond motifs is 1. The number of rotatable bonds is 5. The van der Waals surface area contributed by atoms with Crippen molar-refractivity contribution in [2.24, 2.45) is 0 Å². The van der Waals surface area contributed by atoms with Crippen molar-refractivity contribution >= 4 is 16.7 Å². The van der Waals surface area contributed by atoms with Gasteiger partial charge in [-0.1, -0.05) is 18.2 Å². The van der Waals surface area contributed by atoms with Gasteiger partial charge in [0.25, 0.3) is 0 Å². The predicted octanol–water partition coefficient (Wildman–Crippen LogP) is 3.66. The Morgan fingerprint density at radius 3 is 2.76 bits per heavy atom. The summed E-state index contributed by atoms with van der Waals surface area (Å²) in [7, 11) is 0. The minimum absolute atomic E-state index is 0.0937. The SMILES string of the molecule is CCOC(=O)CCc1cc(-c2cc3ccccc3c(=O)o2)ccc1O. The zero-order valence-electron chi connectivity index (χ0n) is 13.8. The Balaban J connectivity index is 1.94. The van der Waals surface area contributed by atoms with Crippen molar-refractivity contribution < 1.29 is 19.1 Å². The van der Waals surface area contributed by atoms with Crippen LogP contribution in [0.25, 0.3) is 22.1 Å². The van der Waals surface area contributed by atoms with E-state index < -0.39 is 5.63 Å². The van der Waals surface area contributed by atoms with Crippen molar-refractivity contribution in [1.29, 1.82) is 0 Å². The lowest BCUT2D eigenvalue weighted by atomic mass is 10.0. The summed E-state index contributed by atoms with van der Waals surface area (Å²) in [6.45, 7) is 2.07. The fraction of sp³-hybridized carbons (Fsp3) is 0.200. The Morgan fingerprint density at radius 2 is 1.96 bits per heavy atom. The first-order chi connectivity index (χ1) is 12.1. The van der Waals surface area contributed by atoms with Gasteiger partial charge in [-0.25, -0.2) is 4.79 Å². The highest BCUT2D eigenvalue weighted by atomic mass is 16.5. The maximum atomic E-state index is 12.1. The van der Waals surface area contributed by atoms with Gasteiger partial charge in [-0.15, -0.1) is 0 Å². The molecule has 0 radical (unpaired) electrons. The number of ether oxygens (including phenoxy) is 1. The zero-order valence-corrected chi connectivity index (χ0v) is 13.8. The molecule has 0 bridgehead atoms. The van der Waals surface area contributed by atoms with Crippen LogP contribution in [0.5, 0.6) is 5.75 Å². The topological polar surface area (TPSA) is 76.7 Å². The lowest BCUT2D eigenvalue weighted by Crippen LogP contribution is -2.05. The molecule has 25 heavy (non-hydrogen) atoms. The summed E-state index contributed by atoms with van der Waals surface area (Å²) in [5.41, 5.74) is 0.857. The van der Waals surface area contributed by atoms with Crippen LogP contribution in [0.3, 0.4) is 0 Å². The Bertz CT molecular complexity index is 971. The van der Waals surface area contributed by atoms with Crippen molar-refractivity contribution in [3.63, 3.8) is 0 Å². The molecule has 0 aliphatic rings. The second kappa shape index (κ2) is 7.21. The second-order valence-electron chi connectivity index (χ2n) is 5.63.